The van der Waals surface area contributed by atoms with Crippen LogP contribution in [0, 0.1) is 27.7 Å². The number of amides is 2. The van der Waals surface area contributed by atoms with E-state index in [1.54, 1.807) is 24.3 Å². The van der Waals surface area contributed by atoms with Crippen LogP contribution in [-0.2, 0) is 14.8 Å². The number of aryl methyl sites for hydroxylation is 2. The smallest absolute Gasteiger partial charge is 0.293 e. The summed E-state index contributed by atoms with van der Waals surface area (Å²) >= 11 is 5.81. The van der Waals surface area contributed by atoms with Gasteiger partial charge in [-0.05, 0) is 74.2 Å². The average Bonchev–Trinajstić information content (AvgIpc) is 2.77. The maximum atomic E-state index is 13.4. The second kappa shape index (κ2) is 10.2. The molecule has 2 amide bonds. The monoisotopic (exact) mass is 493 g/mol. The molecule has 0 spiro atoms. The van der Waals surface area contributed by atoms with Gasteiger partial charge in [-0.15, -0.1) is 0 Å². The number of hydrazine groups is 1. The predicted molar refractivity (Wildman–Crippen MR) is 127 cm³/mol. The molecule has 0 unspecified atom stereocenters. The van der Waals surface area contributed by atoms with Crippen LogP contribution in [0.25, 0.3) is 0 Å². The van der Waals surface area contributed by atoms with Crippen molar-refractivity contribution in [2.75, 3.05) is 32.7 Å². The summed E-state index contributed by atoms with van der Waals surface area (Å²) in [5.74, 6) is -0.783. The summed E-state index contributed by atoms with van der Waals surface area (Å²) < 4.78 is 28.3. The lowest BCUT2D eigenvalue weighted by Crippen LogP contribution is -3.16. The third-order valence-corrected chi connectivity index (χ3v) is 8.58. The maximum Gasteiger partial charge on any atom is 0.293 e. The number of hydrogen-bond acceptors (Lipinski definition) is 4. The second-order valence-electron chi connectivity index (χ2n) is 8.43. The molecule has 10 heteroatoms. The molecular formula is C23H30ClN4O4S+. The van der Waals surface area contributed by atoms with E-state index >= 15 is 0 Å². The van der Waals surface area contributed by atoms with Gasteiger partial charge in [-0.1, -0.05) is 17.7 Å². The van der Waals surface area contributed by atoms with Crippen molar-refractivity contribution >= 4 is 33.4 Å². The number of carbonyl (C=O) groups is 2. The van der Waals surface area contributed by atoms with E-state index in [0.29, 0.717) is 41.7 Å². The number of nitrogens with one attached hydrogen (secondary N) is 3. The predicted octanol–water partition coefficient (Wildman–Crippen LogP) is 0.924. The third kappa shape index (κ3) is 5.73. The first-order valence-corrected chi connectivity index (χ1v) is 12.6. The van der Waals surface area contributed by atoms with Crippen LogP contribution in [0.3, 0.4) is 0 Å². The fourth-order valence-electron chi connectivity index (χ4n) is 3.99. The fourth-order valence-corrected chi connectivity index (χ4v) is 6.13. The van der Waals surface area contributed by atoms with Crippen LogP contribution in [-0.4, -0.2) is 57.3 Å². The number of hydrogen-bond donors (Lipinski definition) is 3. The van der Waals surface area contributed by atoms with Gasteiger partial charge in [0.15, 0.2) is 6.54 Å². The summed E-state index contributed by atoms with van der Waals surface area (Å²) in [5, 5.41) is 0.517. The summed E-state index contributed by atoms with van der Waals surface area (Å²) in [6, 6.07) is 8.33. The van der Waals surface area contributed by atoms with E-state index in [0.717, 1.165) is 27.2 Å². The second-order valence-corrected chi connectivity index (χ2v) is 10.7. The Bertz CT molecular complexity index is 1130. The zero-order valence-electron chi connectivity index (χ0n) is 19.3. The van der Waals surface area contributed by atoms with Gasteiger partial charge in [0, 0.05) is 10.6 Å². The van der Waals surface area contributed by atoms with Gasteiger partial charge in [0.05, 0.1) is 31.1 Å². The Morgan fingerprint density at radius 1 is 0.970 bits per heavy atom. The number of rotatable bonds is 5. The molecule has 1 aliphatic heterocycles. The number of nitrogens with zero attached hydrogens (tertiary/aromatic N) is 1. The Labute approximate surface area is 199 Å². The molecule has 0 aliphatic carbocycles. The van der Waals surface area contributed by atoms with E-state index in [9.17, 15) is 18.0 Å². The molecular weight excluding hydrogens is 464 g/mol. The van der Waals surface area contributed by atoms with Crippen molar-refractivity contribution in [1.82, 2.24) is 15.2 Å². The van der Waals surface area contributed by atoms with Gasteiger partial charge in [-0.3, -0.25) is 20.4 Å². The molecule has 3 rings (SSSR count). The molecule has 0 radical (unpaired) electrons. The van der Waals surface area contributed by atoms with Crippen molar-refractivity contribution in [2.24, 2.45) is 0 Å². The zero-order valence-corrected chi connectivity index (χ0v) is 20.9. The van der Waals surface area contributed by atoms with E-state index in [2.05, 4.69) is 10.9 Å². The van der Waals surface area contributed by atoms with Crippen molar-refractivity contribution in [1.29, 1.82) is 0 Å². The van der Waals surface area contributed by atoms with Gasteiger partial charge in [-0.25, -0.2) is 8.42 Å². The van der Waals surface area contributed by atoms with E-state index in [-0.39, 0.29) is 12.5 Å². The molecule has 1 aliphatic rings. The van der Waals surface area contributed by atoms with E-state index in [1.807, 2.05) is 33.8 Å². The molecule has 8 nitrogen and oxygen atoms in total. The SMILES string of the molecule is Cc1cc(C)c(C)c(S(=O)(=O)N2CC[NH+](CC(=O)NNC(=O)c3ccc(Cl)cc3)CC2)c1C. The van der Waals surface area contributed by atoms with Gasteiger partial charge in [0.2, 0.25) is 10.0 Å². The number of halogens is 1. The minimum Gasteiger partial charge on any atom is -0.325 e. The quantitative estimate of drug-likeness (QED) is 0.539. The Balaban J connectivity index is 1.55. The summed E-state index contributed by atoms with van der Waals surface area (Å²) in [5.41, 5.74) is 8.65. The summed E-state index contributed by atoms with van der Waals surface area (Å²) in [6.45, 7) is 9.33. The number of carbonyl (C=O) groups excluding carboxylic acids is 2. The molecule has 3 N–H and O–H groups in total. The van der Waals surface area contributed by atoms with Gasteiger partial charge in [0.25, 0.3) is 11.8 Å². The molecule has 0 atom stereocenters. The van der Waals surface area contributed by atoms with Gasteiger partial charge < -0.3 is 4.90 Å². The van der Waals surface area contributed by atoms with Crippen LogP contribution in [0.2, 0.25) is 5.02 Å². The van der Waals surface area contributed by atoms with Crippen LogP contribution < -0.4 is 15.8 Å². The molecule has 33 heavy (non-hydrogen) atoms. The normalized spacial score (nSPS) is 15.3. The largest absolute Gasteiger partial charge is 0.325 e. The van der Waals surface area contributed by atoms with E-state index in [1.165, 1.54) is 4.31 Å². The Hall–Kier alpha value is -2.46. The van der Waals surface area contributed by atoms with Crippen molar-refractivity contribution in [2.45, 2.75) is 32.6 Å². The average molecular weight is 494 g/mol. The molecule has 1 fully saturated rings. The van der Waals surface area contributed by atoms with Crippen LogP contribution >= 0.6 is 11.6 Å². The first-order valence-electron chi connectivity index (χ1n) is 10.8. The summed E-state index contributed by atoms with van der Waals surface area (Å²) in [6.07, 6.45) is 0. The first-order chi connectivity index (χ1) is 15.5. The van der Waals surface area contributed by atoms with Crippen LogP contribution in [0.4, 0.5) is 0 Å². The lowest BCUT2D eigenvalue weighted by atomic mass is 10.0. The maximum absolute atomic E-state index is 13.4. The molecule has 0 bridgehead atoms. The van der Waals surface area contributed by atoms with Crippen molar-refractivity contribution in [3.8, 4) is 0 Å². The fraction of sp³-hybridized carbons (Fsp3) is 0.391. The minimum atomic E-state index is -3.62. The molecule has 0 saturated carbocycles. The van der Waals surface area contributed by atoms with E-state index in [4.69, 9.17) is 11.6 Å². The molecule has 178 valence electrons. The topological polar surface area (TPSA) is 100 Å². The minimum absolute atomic E-state index is 0.135. The number of piperazine rings is 1. The highest BCUT2D eigenvalue weighted by Crippen LogP contribution is 2.28. The van der Waals surface area contributed by atoms with Crippen molar-refractivity contribution < 1.29 is 22.9 Å². The highest BCUT2D eigenvalue weighted by atomic mass is 35.5. The molecule has 2 aromatic carbocycles. The van der Waals surface area contributed by atoms with Crippen LogP contribution in [0.5, 0.6) is 0 Å². The zero-order chi connectivity index (χ0) is 24.3. The Morgan fingerprint density at radius 3 is 2.06 bits per heavy atom. The Kier molecular flexibility index (Phi) is 7.79. The van der Waals surface area contributed by atoms with Crippen molar-refractivity contribution in [3.63, 3.8) is 0 Å². The van der Waals surface area contributed by atoms with Gasteiger partial charge in [0.1, 0.15) is 0 Å². The molecule has 2 aromatic rings. The van der Waals surface area contributed by atoms with Gasteiger partial charge in [-0.2, -0.15) is 4.31 Å². The van der Waals surface area contributed by atoms with Crippen LogP contribution in [0.1, 0.15) is 32.6 Å². The number of sulfonamides is 1. The number of benzene rings is 2. The standard InChI is InChI=1S/C23H29ClN4O4S/c1-15-13-16(2)18(4)22(17(15)3)33(31,32)28-11-9-27(10-12-28)14-21(29)25-26-23(30)19-5-7-20(24)8-6-19/h5-8,13H,9-12,14H2,1-4H3,(H,25,29)(H,26,30)/p+1. The Morgan fingerprint density at radius 2 is 1.52 bits per heavy atom. The highest BCUT2D eigenvalue weighted by molar-refractivity contribution is 7.89. The summed E-state index contributed by atoms with van der Waals surface area (Å²) in [4.78, 5) is 25.7. The molecule has 1 saturated heterocycles. The first kappa shape index (κ1) is 25.2. The number of quaternary nitrogens is 1. The summed E-state index contributed by atoms with van der Waals surface area (Å²) in [7, 11) is -3.62. The van der Waals surface area contributed by atoms with Gasteiger partial charge >= 0.3 is 0 Å². The molecule has 1 heterocycles. The highest BCUT2D eigenvalue weighted by Gasteiger charge is 2.33. The van der Waals surface area contributed by atoms with E-state index < -0.39 is 15.9 Å². The third-order valence-electron chi connectivity index (χ3n) is 6.16. The lowest BCUT2D eigenvalue weighted by molar-refractivity contribution is -0.895. The van der Waals surface area contributed by atoms with Crippen LogP contribution in [0.15, 0.2) is 35.2 Å². The molecule has 0 aromatic heterocycles. The van der Waals surface area contributed by atoms with Crippen molar-refractivity contribution in [3.05, 3.63) is 63.2 Å². The lowest BCUT2D eigenvalue weighted by Gasteiger charge is -2.32.